The molecule has 0 aliphatic carbocycles. The van der Waals surface area contributed by atoms with Crippen LogP contribution in [0.5, 0.6) is 5.75 Å². The minimum absolute atomic E-state index is 0.331. The minimum atomic E-state index is -0.331. The van der Waals surface area contributed by atoms with Crippen LogP contribution in [0, 0.1) is 25.7 Å². The predicted octanol–water partition coefficient (Wildman–Crippen LogP) is 4.19. The summed E-state index contributed by atoms with van der Waals surface area (Å²) >= 11 is 4.96. The number of rotatable bonds is 4. The van der Waals surface area contributed by atoms with Gasteiger partial charge in [-0.1, -0.05) is 17.9 Å². The van der Waals surface area contributed by atoms with E-state index in [1.54, 1.807) is 6.92 Å². The topological polar surface area (TPSA) is 39.4 Å². The van der Waals surface area contributed by atoms with E-state index in [-0.39, 0.29) is 5.63 Å². The molecule has 2 rings (SSSR count). The van der Waals surface area contributed by atoms with Crippen LogP contribution >= 0.6 is 27.7 Å². The first-order chi connectivity index (χ1) is 10.5. The number of hydrogen-bond donors (Lipinski definition) is 0. The Morgan fingerprint density at radius 2 is 2.05 bits per heavy atom. The molecule has 5 heteroatoms. The van der Waals surface area contributed by atoms with E-state index in [0.717, 1.165) is 15.1 Å². The van der Waals surface area contributed by atoms with Crippen LogP contribution in [-0.2, 0) is 0 Å². The molecule has 2 aromatic rings. The Bertz CT molecular complexity index is 771. The van der Waals surface area contributed by atoms with E-state index in [1.165, 1.54) is 23.4 Å². The SMILES string of the molecule is Cc1ccc(OCC#CCSc2cc(C)oc(=O)c2)c(Br)c1. The molecule has 0 saturated carbocycles. The highest BCUT2D eigenvalue weighted by Crippen LogP contribution is 2.25. The molecule has 1 aromatic heterocycles. The maximum atomic E-state index is 11.2. The van der Waals surface area contributed by atoms with Gasteiger partial charge in [0.05, 0.1) is 10.2 Å². The van der Waals surface area contributed by atoms with Gasteiger partial charge in [-0.15, -0.1) is 11.8 Å². The second-order valence-corrected chi connectivity index (χ2v) is 6.49. The lowest BCUT2D eigenvalue weighted by molar-refractivity contribution is 0.368. The first kappa shape index (κ1) is 16.7. The van der Waals surface area contributed by atoms with Crippen LogP contribution < -0.4 is 10.4 Å². The van der Waals surface area contributed by atoms with Crippen molar-refractivity contribution in [1.82, 2.24) is 0 Å². The first-order valence-corrected chi connectivity index (χ1v) is 8.42. The largest absolute Gasteiger partial charge is 0.480 e. The molecule has 1 aromatic carbocycles. The Morgan fingerprint density at radius 1 is 1.23 bits per heavy atom. The Labute approximate surface area is 142 Å². The summed E-state index contributed by atoms with van der Waals surface area (Å²) in [6, 6.07) is 9.21. The summed E-state index contributed by atoms with van der Waals surface area (Å²) in [6.07, 6.45) is 0. The van der Waals surface area contributed by atoms with Crippen molar-refractivity contribution < 1.29 is 9.15 Å². The summed E-state index contributed by atoms with van der Waals surface area (Å²) in [5, 5.41) is 0. The highest BCUT2D eigenvalue weighted by molar-refractivity contribution is 9.10. The fourth-order valence-corrected chi connectivity index (χ4v) is 3.09. The van der Waals surface area contributed by atoms with Gasteiger partial charge in [-0.25, -0.2) is 4.79 Å². The molecule has 0 aliphatic rings. The lowest BCUT2D eigenvalue weighted by Crippen LogP contribution is -1.97. The van der Waals surface area contributed by atoms with Crippen LogP contribution in [0.2, 0.25) is 0 Å². The van der Waals surface area contributed by atoms with Gasteiger partial charge in [0, 0.05) is 11.0 Å². The fourth-order valence-electron chi connectivity index (χ4n) is 1.72. The Hall–Kier alpha value is -1.64. The monoisotopic (exact) mass is 378 g/mol. The Balaban J connectivity index is 1.81. The van der Waals surface area contributed by atoms with Crippen molar-refractivity contribution in [2.45, 2.75) is 18.7 Å². The second-order valence-electron chi connectivity index (χ2n) is 4.59. The van der Waals surface area contributed by atoms with Crippen molar-refractivity contribution in [3.63, 3.8) is 0 Å². The summed E-state index contributed by atoms with van der Waals surface area (Å²) in [5.74, 6) is 7.96. The zero-order valence-corrected chi connectivity index (χ0v) is 14.7. The van der Waals surface area contributed by atoms with Crippen LogP contribution in [-0.4, -0.2) is 12.4 Å². The van der Waals surface area contributed by atoms with E-state index in [9.17, 15) is 4.79 Å². The third kappa shape index (κ3) is 5.28. The Kier molecular flexibility index (Phi) is 6.17. The van der Waals surface area contributed by atoms with Gasteiger partial charge in [-0.3, -0.25) is 0 Å². The maximum Gasteiger partial charge on any atom is 0.336 e. The van der Waals surface area contributed by atoms with Gasteiger partial charge >= 0.3 is 5.63 Å². The lowest BCUT2D eigenvalue weighted by atomic mass is 10.2. The smallest absolute Gasteiger partial charge is 0.336 e. The third-order valence-electron chi connectivity index (χ3n) is 2.69. The molecule has 0 unspecified atom stereocenters. The highest BCUT2D eigenvalue weighted by Gasteiger charge is 2.00. The first-order valence-electron chi connectivity index (χ1n) is 6.64. The van der Waals surface area contributed by atoms with Gasteiger partial charge < -0.3 is 9.15 Å². The molecule has 0 atom stereocenters. The fraction of sp³-hybridized carbons (Fsp3) is 0.235. The Morgan fingerprint density at radius 3 is 2.77 bits per heavy atom. The average Bonchev–Trinajstić information content (AvgIpc) is 2.43. The van der Waals surface area contributed by atoms with Crippen molar-refractivity contribution in [2.75, 3.05) is 12.4 Å². The van der Waals surface area contributed by atoms with E-state index in [1.807, 2.05) is 31.2 Å². The number of halogens is 1. The number of ether oxygens (including phenoxy) is 1. The van der Waals surface area contributed by atoms with Crippen LogP contribution in [0.4, 0.5) is 0 Å². The number of thioether (sulfide) groups is 1. The zero-order chi connectivity index (χ0) is 15.9. The van der Waals surface area contributed by atoms with Crippen molar-refractivity contribution in [3.8, 4) is 17.6 Å². The van der Waals surface area contributed by atoms with Crippen LogP contribution in [0.15, 0.2) is 48.9 Å². The van der Waals surface area contributed by atoms with Crippen molar-refractivity contribution >= 4 is 27.7 Å². The molecule has 0 bridgehead atoms. The maximum absolute atomic E-state index is 11.2. The number of benzene rings is 1. The van der Waals surface area contributed by atoms with Gasteiger partial charge in [-0.2, -0.15) is 0 Å². The van der Waals surface area contributed by atoms with Gasteiger partial charge in [-0.05, 0) is 53.5 Å². The zero-order valence-electron chi connectivity index (χ0n) is 12.3. The third-order valence-corrected chi connectivity index (χ3v) is 4.17. The molecular formula is C17H15BrO3S. The van der Waals surface area contributed by atoms with Crippen molar-refractivity contribution in [2.24, 2.45) is 0 Å². The average molecular weight is 379 g/mol. The van der Waals surface area contributed by atoms with Crippen LogP contribution in [0.25, 0.3) is 0 Å². The van der Waals surface area contributed by atoms with E-state index >= 15 is 0 Å². The van der Waals surface area contributed by atoms with E-state index in [4.69, 9.17) is 9.15 Å². The minimum Gasteiger partial charge on any atom is -0.480 e. The van der Waals surface area contributed by atoms with E-state index in [2.05, 4.69) is 27.8 Å². The molecule has 1 heterocycles. The normalized spacial score (nSPS) is 9.95. The molecular weight excluding hydrogens is 364 g/mol. The molecule has 114 valence electrons. The van der Waals surface area contributed by atoms with E-state index < -0.39 is 0 Å². The molecule has 0 amide bonds. The second kappa shape index (κ2) is 8.11. The molecule has 0 N–H and O–H groups in total. The van der Waals surface area contributed by atoms with Gasteiger partial charge in [0.25, 0.3) is 0 Å². The van der Waals surface area contributed by atoms with Gasteiger partial charge in [0.2, 0.25) is 0 Å². The summed E-state index contributed by atoms with van der Waals surface area (Å²) in [4.78, 5) is 12.1. The summed E-state index contributed by atoms with van der Waals surface area (Å²) in [5.41, 5.74) is 0.840. The number of aryl methyl sites for hydroxylation is 2. The van der Waals surface area contributed by atoms with Gasteiger partial charge in [0.1, 0.15) is 18.1 Å². The number of hydrogen-bond acceptors (Lipinski definition) is 4. The van der Waals surface area contributed by atoms with E-state index in [0.29, 0.717) is 18.1 Å². The van der Waals surface area contributed by atoms with Gasteiger partial charge in [0.15, 0.2) is 0 Å². The summed E-state index contributed by atoms with van der Waals surface area (Å²) in [6.45, 7) is 4.11. The highest BCUT2D eigenvalue weighted by atomic mass is 79.9. The molecule has 0 aliphatic heterocycles. The summed E-state index contributed by atoms with van der Waals surface area (Å²) < 4.78 is 11.4. The quantitative estimate of drug-likeness (QED) is 0.590. The standard InChI is InChI=1S/C17H15BrO3S/c1-12-5-6-16(15(18)9-12)20-7-3-4-8-22-14-10-13(2)21-17(19)11-14/h5-6,9-11H,7-8H2,1-2H3. The molecule has 22 heavy (non-hydrogen) atoms. The van der Waals surface area contributed by atoms with Crippen molar-refractivity contribution in [1.29, 1.82) is 0 Å². The molecule has 0 saturated heterocycles. The molecule has 0 spiro atoms. The summed E-state index contributed by atoms with van der Waals surface area (Å²) in [7, 11) is 0. The predicted molar refractivity (Wildman–Crippen MR) is 92.6 cm³/mol. The lowest BCUT2D eigenvalue weighted by Gasteiger charge is -2.05. The molecule has 0 radical (unpaired) electrons. The van der Waals surface area contributed by atoms with Crippen LogP contribution in [0.1, 0.15) is 11.3 Å². The van der Waals surface area contributed by atoms with Crippen LogP contribution in [0.3, 0.4) is 0 Å². The molecule has 0 fully saturated rings. The molecule has 3 nitrogen and oxygen atoms in total. The van der Waals surface area contributed by atoms with Crippen molar-refractivity contribution in [3.05, 3.63) is 56.5 Å².